The number of hydrogen-bond acceptors (Lipinski definition) is 5. The number of aromatic nitrogens is 4. The number of H-pyrrole nitrogens is 1. The minimum absolute atomic E-state index is 0.0720. The molecule has 0 spiro atoms. The third kappa shape index (κ3) is 3.40. The molecule has 7 nitrogen and oxygen atoms in total. The molecule has 0 atom stereocenters. The summed E-state index contributed by atoms with van der Waals surface area (Å²) in [6.07, 6.45) is 4.12. The first-order valence-corrected chi connectivity index (χ1v) is 5.28. The van der Waals surface area contributed by atoms with E-state index in [0.29, 0.717) is 31.1 Å². The number of aromatic amines is 1. The number of aryl methyl sites for hydroxylation is 2. The molecule has 2 aromatic rings. The highest BCUT2D eigenvalue weighted by Crippen LogP contribution is 2.00. The van der Waals surface area contributed by atoms with E-state index >= 15 is 0 Å². The molecule has 0 bridgehead atoms. The Morgan fingerprint density at radius 1 is 1.59 bits per heavy atom. The second-order valence-electron chi connectivity index (χ2n) is 3.55. The van der Waals surface area contributed by atoms with Crippen molar-refractivity contribution in [3.8, 4) is 0 Å². The molecule has 2 N–H and O–H groups in total. The first kappa shape index (κ1) is 11.3. The largest absolute Gasteiger partial charge is 0.349 e. The van der Waals surface area contributed by atoms with Gasteiger partial charge in [0, 0.05) is 25.2 Å². The molecule has 0 aliphatic heterocycles. The van der Waals surface area contributed by atoms with Crippen molar-refractivity contribution in [2.75, 3.05) is 0 Å². The predicted molar refractivity (Wildman–Crippen MR) is 57.8 cm³/mol. The molecular weight excluding hydrogens is 222 g/mol. The zero-order valence-corrected chi connectivity index (χ0v) is 9.43. The van der Waals surface area contributed by atoms with Gasteiger partial charge in [0.2, 0.25) is 11.8 Å². The van der Waals surface area contributed by atoms with E-state index in [4.69, 9.17) is 4.52 Å². The summed E-state index contributed by atoms with van der Waals surface area (Å²) in [4.78, 5) is 22.4. The average molecular weight is 235 g/mol. The second kappa shape index (κ2) is 5.24. The van der Waals surface area contributed by atoms with Crippen LogP contribution in [0.15, 0.2) is 16.9 Å². The number of carbonyl (C=O) groups excluding carboxylic acids is 1. The Balaban J connectivity index is 1.71. The summed E-state index contributed by atoms with van der Waals surface area (Å²) >= 11 is 0. The smallest absolute Gasteiger partial charge is 0.227 e. The first-order chi connectivity index (χ1) is 8.24. The van der Waals surface area contributed by atoms with Crippen molar-refractivity contribution < 1.29 is 9.32 Å². The fraction of sp³-hybridized carbons (Fsp3) is 0.400. The van der Waals surface area contributed by atoms with Crippen LogP contribution in [0, 0.1) is 6.92 Å². The summed E-state index contributed by atoms with van der Waals surface area (Å²) in [6, 6.07) is 0. The van der Waals surface area contributed by atoms with Crippen molar-refractivity contribution in [1.29, 1.82) is 0 Å². The van der Waals surface area contributed by atoms with Crippen molar-refractivity contribution in [2.24, 2.45) is 0 Å². The number of imidazole rings is 1. The van der Waals surface area contributed by atoms with E-state index in [1.54, 1.807) is 19.3 Å². The molecule has 0 fully saturated rings. The van der Waals surface area contributed by atoms with Gasteiger partial charge in [-0.2, -0.15) is 4.98 Å². The van der Waals surface area contributed by atoms with Crippen LogP contribution >= 0.6 is 0 Å². The fourth-order valence-corrected chi connectivity index (χ4v) is 1.33. The van der Waals surface area contributed by atoms with Crippen LogP contribution in [-0.2, 0) is 17.8 Å². The third-order valence-electron chi connectivity index (χ3n) is 2.14. The van der Waals surface area contributed by atoms with Crippen molar-refractivity contribution in [1.82, 2.24) is 25.4 Å². The number of rotatable bonds is 5. The van der Waals surface area contributed by atoms with Gasteiger partial charge in [-0.25, -0.2) is 4.98 Å². The summed E-state index contributed by atoms with van der Waals surface area (Å²) in [5.74, 6) is 1.72. The van der Waals surface area contributed by atoms with E-state index in [0.717, 1.165) is 5.82 Å². The van der Waals surface area contributed by atoms with Gasteiger partial charge in [-0.3, -0.25) is 4.79 Å². The van der Waals surface area contributed by atoms with Gasteiger partial charge in [0.15, 0.2) is 5.82 Å². The first-order valence-electron chi connectivity index (χ1n) is 5.28. The van der Waals surface area contributed by atoms with Crippen LogP contribution in [0.25, 0.3) is 0 Å². The predicted octanol–water partition coefficient (Wildman–Crippen LogP) is 0.350. The summed E-state index contributed by atoms with van der Waals surface area (Å²) in [6.45, 7) is 2.14. The molecule has 0 aliphatic rings. The Bertz CT molecular complexity index is 477. The van der Waals surface area contributed by atoms with Gasteiger partial charge in [-0.05, 0) is 6.92 Å². The molecule has 1 amide bonds. The molecule has 2 aromatic heterocycles. The number of carbonyl (C=O) groups is 1. The third-order valence-corrected chi connectivity index (χ3v) is 2.14. The molecule has 0 unspecified atom stereocenters. The molecular formula is C10H13N5O2. The number of nitrogens with one attached hydrogen (secondary N) is 2. The van der Waals surface area contributed by atoms with Crippen LogP contribution in [0.4, 0.5) is 0 Å². The summed E-state index contributed by atoms with van der Waals surface area (Å²) in [7, 11) is 0. The van der Waals surface area contributed by atoms with Crippen LogP contribution < -0.4 is 5.32 Å². The van der Waals surface area contributed by atoms with E-state index in [-0.39, 0.29) is 5.91 Å². The molecule has 0 saturated heterocycles. The summed E-state index contributed by atoms with van der Waals surface area (Å²) in [5, 5.41) is 6.39. The van der Waals surface area contributed by atoms with E-state index < -0.39 is 0 Å². The molecule has 0 aliphatic carbocycles. The van der Waals surface area contributed by atoms with Gasteiger partial charge in [0.05, 0.1) is 6.54 Å². The Morgan fingerprint density at radius 3 is 3.12 bits per heavy atom. The van der Waals surface area contributed by atoms with Gasteiger partial charge in [0.1, 0.15) is 5.82 Å². The van der Waals surface area contributed by atoms with Gasteiger partial charge >= 0.3 is 0 Å². The van der Waals surface area contributed by atoms with Gasteiger partial charge in [0.25, 0.3) is 0 Å². The second-order valence-corrected chi connectivity index (χ2v) is 3.55. The quantitative estimate of drug-likeness (QED) is 0.779. The molecule has 17 heavy (non-hydrogen) atoms. The van der Waals surface area contributed by atoms with Crippen molar-refractivity contribution in [3.63, 3.8) is 0 Å². The highest BCUT2D eigenvalue weighted by atomic mass is 16.5. The van der Waals surface area contributed by atoms with E-state index in [1.165, 1.54) is 0 Å². The monoisotopic (exact) mass is 235 g/mol. The molecule has 0 aromatic carbocycles. The van der Waals surface area contributed by atoms with Crippen LogP contribution in [-0.4, -0.2) is 26.0 Å². The Kier molecular flexibility index (Phi) is 3.49. The Hall–Kier alpha value is -2.18. The van der Waals surface area contributed by atoms with Gasteiger partial charge in [-0.15, -0.1) is 0 Å². The maximum absolute atomic E-state index is 11.5. The van der Waals surface area contributed by atoms with E-state index in [1.807, 2.05) is 0 Å². The minimum atomic E-state index is -0.0720. The highest BCUT2D eigenvalue weighted by molar-refractivity contribution is 5.75. The van der Waals surface area contributed by atoms with E-state index in [2.05, 4.69) is 25.4 Å². The van der Waals surface area contributed by atoms with Crippen molar-refractivity contribution in [2.45, 2.75) is 26.3 Å². The lowest BCUT2D eigenvalue weighted by Gasteiger charge is -2.01. The number of amides is 1. The molecule has 2 rings (SSSR count). The molecule has 0 saturated carbocycles. The zero-order chi connectivity index (χ0) is 12.1. The van der Waals surface area contributed by atoms with Crippen LogP contribution in [0.3, 0.4) is 0 Å². The Morgan fingerprint density at radius 2 is 2.47 bits per heavy atom. The SMILES string of the molecule is Cc1noc(CCC(=O)NCc2ncc[nH]2)n1. The van der Waals surface area contributed by atoms with Crippen molar-refractivity contribution >= 4 is 5.91 Å². The highest BCUT2D eigenvalue weighted by Gasteiger charge is 2.07. The molecule has 0 radical (unpaired) electrons. The maximum Gasteiger partial charge on any atom is 0.227 e. The van der Waals surface area contributed by atoms with Crippen LogP contribution in [0.2, 0.25) is 0 Å². The maximum atomic E-state index is 11.5. The molecule has 90 valence electrons. The number of hydrogen-bond donors (Lipinski definition) is 2. The Labute approximate surface area is 97.6 Å². The average Bonchev–Trinajstić information content (AvgIpc) is 2.95. The topological polar surface area (TPSA) is 96.7 Å². The van der Waals surface area contributed by atoms with Crippen molar-refractivity contribution in [3.05, 3.63) is 29.9 Å². The van der Waals surface area contributed by atoms with Gasteiger partial charge < -0.3 is 14.8 Å². The van der Waals surface area contributed by atoms with Crippen LogP contribution in [0.1, 0.15) is 24.0 Å². The summed E-state index contributed by atoms with van der Waals surface area (Å²) < 4.78 is 4.91. The van der Waals surface area contributed by atoms with Gasteiger partial charge in [-0.1, -0.05) is 5.16 Å². The minimum Gasteiger partial charge on any atom is -0.349 e. The lowest BCUT2D eigenvalue weighted by atomic mass is 10.3. The normalized spacial score (nSPS) is 10.4. The summed E-state index contributed by atoms with van der Waals surface area (Å²) in [5.41, 5.74) is 0. The van der Waals surface area contributed by atoms with E-state index in [9.17, 15) is 4.79 Å². The molecule has 7 heteroatoms. The number of nitrogens with zero attached hydrogens (tertiary/aromatic N) is 3. The lowest BCUT2D eigenvalue weighted by molar-refractivity contribution is -0.121. The lowest BCUT2D eigenvalue weighted by Crippen LogP contribution is -2.23. The molecule has 2 heterocycles. The fourth-order valence-electron chi connectivity index (χ4n) is 1.33. The zero-order valence-electron chi connectivity index (χ0n) is 9.43. The standard InChI is InChI=1S/C10H13N5O2/c1-7-14-10(17-15-7)3-2-9(16)13-6-8-11-4-5-12-8/h4-5H,2-3,6H2,1H3,(H,11,12)(H,13,16). The van der Waals surface area contributed by atoms with Crippen LogP contribution in [0.5, 0.6) is 0 Å².